The summed E-state index contributed by atoms with van der Waals surface area (Å²) in [5.74, 6) is -0.266. The first-order chi connectivity index (χ1) is 18.8. The Balaban J connectivity index is 1.37. The zero-order valence-corrected chi connectivity index (χ0v) is 24.1. The number of rotatable bonds is 5. The van der Waals surface area contributed by atoms with Crippen LogP contribution in [-0.4, -0.2) is 68.9 Å². The van der Waals surface area contributed by atoms with E-state index in [0.29, 0.717) is 19.5 Å². The van der Waals surface area contributed by atoms with Crippen LogP contribution in [0.4, 0.5) is 13.6 Å². The van der Waals surface area contributed by atoms with Crippen molar-refractivity contribution < 1.29 is 23.0 Å². The fourth-order valence-corrected chi connectivity index (χ4v) is 5.79. The minimum atomic E-state index is -0.861. The summed E-state index contributed by atoms with van der Waals surface area (Å²) in [7, 11) is 3.76. The molecule has 1 aromatic heterocycles. The molecule has 218 valence electrons. The number of carbonyl (C=O) groups is 1. The molecule has 0 bridgehead atoms. The van der Waals surface area contributed by atoms with Crippen LogP contribution in [0.1, 0.15) is 82.1 Å². The number of aromatic nitrogens is 2. The average Bonchev–Trinajstić information content (AvgIpc) is 3.51. The average molecular weight is 561 g/mol. The van der Waals surface area contributed by atoms with Gasteiger partial charge in [-0.2, -0.15) is 0 Å². The highest BCUT2D eigenvalue weighted by Crippen LogP contribution is 2.38. The van der Waals surface area contributed by atoms with Gasteiger partial charge in [0.05, 0.1) is 24.0 Å². The maximum atomic E-state index is 14.8. The number of benzene rings is 1. The number of imidazole rings is 1. The predicted octanol–water partition coefficient (Wildman–Crippen LogP) is 4.64. The van der Waals surface area contributed by atoms with Crippen LogP contribution in [0.2, 0.25) is 0 Å². The van der Waals surface area contributed by atoms with E-state index in [-0.39, 0.29) is 30.4 Å². The van der Waals surface area contributed by atoms with Crippen molar-refractivity contribution in [2.75, 3.05) is 20.7 Å². The van der Waals surface area contributed by atoms with Gasteiger partial charge in [-0.05, 0) is 59.2 Å². The normalized spacial score (nSPS) is 23.8. The highest BCUT2D eigenvalue weighted by atomic mass is 19.1. The Morgan fingerprint density at radius 2 is 1.85 bits per heavy atom. The molecule has 0 saturated carbocycles. The van der Waals surface area contributed by atoms with Gasteiger partial charge in [-0.1, -0.05) is 10.4 Å². The van der Waals surface area contributed by atoms with Gasteiger partial charge in [-0.15, -0.1) is 0 Å². The lowest BCUT2D eigenvalue weighted by Crippen LogP contribution is -2.52. The zero-order chi connectivity index (χ0) is 28.9. The van der Waals surface area contributed by atoms with E-state index in [9.17, 15) is 13.6 Å². The molecule has 0 radical (unpaired) electrons. The van der Waals surface area contributed by atoms with Crippen molar-refractivity contribution >= 4 is 6.09 Å². The number of ether oxygens (including phenoxy) is 2. The summed E-state index contributed by atoms with van der Waals surface area (Å²) in [5, 5.41) is 14.8. The summed E-state index contributed by atoms with van der Waals surface area (Å²) in [6.45, 7) is 11.1. The van der Waals surface area contributed by atoms with Crippen molar-refractivity contribution in [3.63, 3.8) is 0 Å². The van der Waals surface area contributed by atoms with Gasteiger partial charge in [0.1, 0.15) is 23.3 Å². The molecule has 2 aromatic rings. The summed E-state index contributed by atoms with van der Waals surface area (Å²) < 4.78 is 42.8. The van der Waals surface area contributed by atoms with Gasteiger partial charge in [-0.3, -0.25) is 4.90 Å². The van der Waals surface area contributed by atoms with Gasteiger partial charge in [0.25, 0.3) is 0 Å². The number of nitrogens with zero attached hydrogens (tertiary/aromatic N) is 7. The minimum absolute atomic E-state index is 0.0717. The van der Waals surface area contributed by atoms with Crippen LogP contribution in [0.15, 0.2) is 28.6 Å². The first-order valence-corrected chi connectivity index (χ1v) is 13.6. The van der Waals surface area contributed by atoms with Crippen LogP contribution >= 0.6 is 0 Å². The number of amides is 1. The molecule has 3 atom stereocenters. The van der Waals surface area contributed by atoms with Crippen molar-refractivity contribution in [3.8, 4) is 0 Å². The molecule has 1 amide bonds. The summed E-state index contributed by atoms with van der Waals surface area (Å²) in [6, 6.07) is 2.71. The Bertz CT molecular complexity index is 1280. The number of hydrogen-bond acceptors (Lipinski definition) is 9. The second kappa shape index (κ2) is 10.6. The van der Waals surface area contributed by atoms with Crippen molar-refractivity contribution in [1.82, 2.24) is 29.8 Å². The van der Waals surface area contributed by atoms with Gasteiger partial charge >= 0.3 is 6.09 Å². The molecule has 1 fully saturated rings. The summed E-state index contributed by atoms with van der Waals surface area (Å²) >= 11 is 0. The highest BCUT2D eigenvalue weighted by molar-refractivity contribution is 5.68. The molecule has 1 N–H and O–H groups in total. The molecule has 40 heavy (non-hydrogen) atoms. The van der Waals surface area contributed by atoms with Crippen LogP contribution in [0.25, 0.3) is 0 Å². The number of alkyl carbamates (subject to hydrolysis) is 1. The van der Waals surface area contributed by atoms with E-state index in [2.05, 4.69) is 39.1 Å². The van der Waals surface area contributed by atoms with Crippen molar-refractivity contribution in [1.29, 1.82) is 0 Å². The van der Waals surface area contributed by atoms with E-state index < -0.39 is 35.5 Å². The number of hydrogen-bond donors (Lipinski definition) is 1. The van der Waals surface area contributed by atoms with Crippen LogP contribution < -0.4 is 5.32 Å². The van der Waals surface area contributed by atoms with E-state index in [1.54, 1.807) is 30.8 Å². The molecular formula is C27H38F2N8O3. The lowest BCUT2D eigenvalue weighted by atomic mass is 9.92. The number of carbonyl (C=O) groups excluding carboxylic acids is 1. The van der Waals surface area contributed by atoms with E-state index in [0.717, 1.165) is 35.4 Å². The fraction of sp³-hybridized carbons (Fsp3) is 0.630. The molecule has 3 aliphatic rings. The summed E-state index contributed by atoms with van der Waals surface area (Å²) in [5.41, 5.74) is 1.46. The van der Waals surface area contributed by atoms with Crippen molar-refractivity contribution in [3.05, 3.63) is 52.6 Å². The van der Waals surface area contributed by atoms with E-state index in [4.69, 9.17) is 14.5 Å². The van der Waals surface area contributed by atoms with Crippen LogP contribution in [-0.2, 0) is 22.6 Å². The summed E-state index contributed by atoms with van der Waals surface area (Å²) in [4.78, 5) is 20.0. The third kappa shape index (κ3) is 5.49. The van der Waals surface area contributed by atoms with Crippen molar-refractivity contribution in [2.24, 2.45) is 10.4 Å². The van der Waals surface area contributed by atoms with Crippen LogP contribution in [0, 0.1) is 11.6 Å². The summed E-state index contributed by atoms with van der Waals surface area (Å²) in [6.07, 6.45) is -1.22. The molecule has 1 aromatic carbocycles. The van der Waals surface area contributed by atoms with E-state index in [1.807, 2.05) is 14.1 Å². The number of fused-ring (bicyclic) bond motifs is 1. The molecule has 13 heteroatoms. The van der Waals surface area contributed by atoms with Crippen molar-refractivity contribution in [2.45, 2.75) is 90.1 Å². The Morgan fingerprint density at radius 3 is 2.50 bits per heavy atom. The molecular weight excluding hydrogens is 522 g/mol. The first-order valence-electron chi connectivity index (χ1n) is 13.6. The minimum Gasteiger partial charge on any atom is -0.444 e. The molecule has 11 nitrogen and oxygen atoms in total. The molecule has 4 heterocycles. The van der Waals surface area contributed by atoms with Crippen LogP contribution in [0.3, 0.4) is 0 Å². The largest absolute Gasteiger partial charge is 0.444 e. The monoisotopic (exact) mass is 560 g/mol. The quantitative estimate of drug-likeness (QED) is 0.569. The molecule has 1 saturated heterocycles. The highest BCUT2D eigenvalue weighted by Gasteiger charge is 2.42. The predicted molar refractivity (Wildman–Crippen MR) is 142 cm³/mol. The Kier molecular flexibility index (Phi) is 7.47. The lowest BCUT2D eigenvalue weighted by molar-refractivity contribution is -0.0631. The third-order valence-electron chi connectivity index (χ3n) is 7.45. The topological polar surface area (TPSA) is 99.8 Å². The number of nitrogens with one attached hydrogen (secondary N) is 1. The molecule has 0 unspecified atom stereocenters. The van der Waals surface area contributed by atoms with Gasteiger partial charge < -0.3 is 19.4 Å². The fourth-order valence-electron chi connectivity index (χ4n) is 5.79. The van der Waals surface area contributed by atoms with Gasteiger partial charge in [0.15, 0.2) is 12.0 Å². The Hall–Kier alpha value is -3.32. The maximum absolute atomic E-state index is 14.8. The van der Waals surface area contributed by atoms with E-state index in [1.165, 1.54) is 0 Å². The molecule has 0 aliphatic carbocycles. The van der Waals surface area contributed by atoms with Gasteiger partial charge in [0, 0.05) is 44.8 Å². The lowest BCUT2D eigenvalue weighted by Gasteiger charge is -2.40. The second-order valence-electron chi connectivity index (χ2n) is 12.0. The second-order valence-corrected chi connectivity index (χ2v) is 12.0. The standard InChI is InChI=1S/C27H38F2N8O3/c1-15(2)37-22-13-36(12-21(22)30-24(37)25-34(6)32-33-35(25)7)17-11-20(31-26(38)40-27(3,4)5)23(39-14-17)18-10-16(28)8-9-19(18)29/h8-10,15,17,20,23,25H,11-14H2,1-7H3,(H,31,38)/t17-,20+,23-/m1/s1. The molecule has 3 aliphatic heterocycles. The SMILES string of the molecule is CC(C)n1c(C2N(C)N=NN2C)nc2c1CN([C@H]1CO[C@H](c3cc(F)ccc3F)[C@@H](NC(=O)OC(C)(C)C)C1)C2. The number of halogens is 2. The van der Waals surface area contributed by atoms with E-state index >= 15 is 0 Å². The first kappa shape index (κ1) is 28.2. The van der Waals surface area contributed by atoms with Gasteiger partial charge in [0.2, 0.25) is 0 Å². The maximum Gasteiger partial charge on any atom is 0.407 e. The van der Waals surface area contributed by atoms with Gasteiger partial charge in [-0.25, -0.2) is 28.6 Å². The Labute approximate surface area is 233 Å². The molecule has 0 spiro atoms. The Morgan fingerprint density at radius 1 is 1.15 bits per heavy atom. The van der Waals surface area contributed by atoms with Crippen LogP contribution in [0.5, 0.6) is 0 Å². The third-order valence-corrected chi connectivity index (χ3v) is 7.45. The molecule has 5 rings (SSSR count). The zero-order valence-electron chi connectivity index (χ0n) is 24.1. The smallest absolute Gasteiger partial charge is 0.407 e.